The summed E-state index contributed by atoms with van der Waals surface area (Å²) in [7, 11) is 1.66. The van der Waals surface area contributed by atoms with E-state index < -0.39 is 0 Å². The SMILES string of the molecule is CON1CCCCC1=S. The minimum atomic E-state index is 0.948. The second-order valence-electron chi connectivity index (χ2n) is 2.14. The minimum Gasteiger partial charge on any atom is -0.276 e. The molecule has 0 aromatic rings. The van der Waals surface area contributed by atoms with E-state index in [4.69, 9.17) is 17.1 Å². The Morgan fingerprint density at radius 3 is 2.78 bits per heavy atom. The van der Waals surface area contributed by atoms with E-state index in [2.05, 4.69) is 0 Å². The maximum atomic E-state index is 5.03. The summed E-state index contributed by atoms with van der Waals surface area (Å²) in [5.41, 5.74) is 0. The Kier molecular flexibility index (Phi) is 2.42. The molecular formula is C6H11NOS. The van der Waals surface area contributed by atoms with Crippen molar-refractivity contribution in [3.05, 3.63) is 0 Å². The number of thiocarbonyl (C=S) groups is 1. The summed E-state index contributed by atoms with van der Waals surface area (Å²) in [4.78, 5) is 5.94. The largest absolute Gasteiger partial charge is 0.276 e. The molecule has 1 heterocycles. The van der Waals surface area contributed by atoms with Crippen LogP contribution in [0.5, 0.6) is 0 Å². The Balaban J connectivity index is 2.39. The molecule has 0 amide bonds. The molecule has 1 fully saturated rings. The molecule has 0 radical (unpaired) electrons. The second kappa shape index (κ2) is 3.13. The fourth-order valence-electron chi connectivity index (χ4n) is 0.974. The van der Waals surface area contributed by atoms with E-state index in [1.807, 2.05) is 0 Å². The van der Waals surface area contributed by atoms with Gasteiger partial charge in [0.25, 0.3) is 0 Å². The molecular weight excluding hydrogens is 134 g/mol. The van der Waals surface area contributed by atoms with E-state index >= 15 is 0 Å². The van der Waals surface area contributed by atoms with Gasteiger partial charge >= 0.3 is 0 Å². The summed E-state index contributed by atoms with van der Waals surface area (Å²) < 4.78 is 0. The highest BCUT2D eigenvalue weighted by Gasteiger charge is 2.12. The van der Waals surface area contributed by atoms with E-state index in [-0.39, 0.29) is 0 Å². The lowest BCUT2D eigenvalue weighted by Gasteiger charge is -2.26. The van der Waals surface area contributed by atoms with Gasteiger partial charge in [-0.3, -0.25) is 4.84 Å². The van der Waals surface area contributed by atoms with Crippen molar-refractivity contribution in [3.63, 3.8) is 0 Å². The van der Waals surface area contributed by atoms with Gasteiger partial charge < -0.3 is 0 Å². The Labute approximate surface area is 60.7 Å². The van der Waals surface area contributed by atoms with Crippen LogP contribution in [0.1, 0.15) is 19.3 Å². The van der Waals surface area contributed by atoms with E-state index in [1.165, 1.54) is 12.8 Å². The van der Waals surface area contributed by atoms with Crippen LogP contribution < -0.4 is 0 Å². The molecule has 0 N–H and O–H groups in total. The second-order valence-corrected chi connectivity index (χ2v) is 2.61. The van der Waals surface area contributed by atoms with Crippen LogP contribution in [-0.2, 0) is 4.84 Å². The first-order valence-corrected chi connectivity index (χ1v) is 3.60. The monoisotopic (exact) mass is 145 g/mol. The minimum absolute atomic E-state index is 0.948. The smallest absolute Gasteiger partial charge is 0.104 e. The molecule has 0 spiro atoms. The molecule has 1 aliphatic rings. The van der Waals surface area contributed by atoms with Gasteiger partial charge in [0.15, 0.2) is 0 Å². The molecule has 1 rings (SSSR count). The maximum absolute atomic E-state index is 5.03. The van der Waals surface area contributed by atoms with Crippen molar-refractivity contribution in [3.8, 4) is 0 Å². The molecule has 0 bridgehead atoms. The molecule has 0 unspecified atom stereocenters. The van der Waals surface area contributed by atoms with Crippen LogP contribution >= 0.6 is 12.2 Å². The highest BCUT2D eigenvalue weighted by atomic mass is 32.1. The summed E-state index contributed by atoms with van der Waals surface area (Å²) in [6, 6.07) is 0. The van der Waals surface area contributed by atoms with Gasteiger partial charge in [0, 0.05) is 13.0 Å². The van der Waals surface area contributed by atoms with Gasteiger partial charge in [-0.2, -0.15) is 0 Å². The van der Waals surface area contributed by atoms with Crippen molar-refractivity contribution in [1.82, 2.24) is 5.06 Å². The standard InChI is InChI=1S/C6H11NOS/c1-8-7-5-3-2-4-6(7)9/h2-5H2,1H3. The average molecular weight is 145 g/mol. The maximum Gasteiger partial charge on any atom is 0.104 e. The lowest BCUT2D eigenvalue weighted by atomic mass is 10.2. The van der Waals surface area contributed by atoms with Crippen LogP contribution in [0, 0.1) is 0 Å². The van der Waals surface area contributed by atoms with Gasteiger partial charge in [-0.25, -0.2) is 5.06 Å². The lowest BCUT2D eigenvalue weighted by molar-refractivity contribution is -0.0699. The van der Waals surface area contributed by atoms with Crippen LogP contribution in [0.25, 0.3) is 0 Å². The van der Waals surface area contributed by atoms with Crippen LogP contribution in [0.3, 0.4) is 0 Å². The highest BCUT2D eigenvalue weighted by molar-refractivity contribution is 7.80. The van der Waals surface area contributed by atoms with Crippen molar-refractivity contribution >= 4 is 17.2 Å². The van der Waals surface area contributed by atoms with Gasteiger partial charge in [0.05, 0.1) is 7.11 Å². The van der Waals surface area contributed by atoms with Gasteiger partial charge in [-0.15, -0.1) is 0 Å². The van der Waals surface area contributed by atoms with E-state index in [9.17, 15) is 0 Å². The zero-order valence-corrected chi connectivity index (χ0v) is 6.41. The van der Waals surface area contributed by atoms with Crippen LogP contribution in [-0.4, -0.2) is 23.7 Å². The Morgan fingerprint density at radius 2 is 2.33 bits per heavy atom. The fourth-order valence-corrected chi connectivity index (χ4v) is 1.28. The van der Waals surface area contributed by atoms with E-state index in [0.29, 0.717) is 0 Å². The summed E-state index contributed by atoms with van der Waals surface area (Å²) in [5, 5.41) is 1.79. The topological polar surface area (TPSA) is 12.5 Å². The summed E-state index contributed by atoms with van der Waals surface area (Å²) in [6.45, 7) is 0.968. The fraction of sp³-hybridized carbons (Fsp3) is 0.833. The first kappa shape index (κ1) is 6.96. The third kappa shape index (κ3) is 1.63. The summed E-state index contributed by atoms with van der Waals surface area (Å²) in [5.74, 6) is 0. The van der Waals surface area contributed by atoms with Gasteiger partial charge in [-0.05, 0) is 12.8 Å². The quantitative estimate of drug-likeness (QED) is 0.517. The molecule has 0 atom stereocenters. The molecule has 0 saturated carbocycles. The molecule has 1 saturated heterocycles. The first-order chi connectivity index (χ1) is 4.34. The van der Waals surface area contributed by atoms with Crippen LogP contribution in [0.2, 0.25) is 0 Å². The van der Waals surface area contributed by atoms with Crippen molar-refractivity contribution in [2.75, 3.05) is 13.7 Å². The van der Waals surface area contributed by atoms with Gasteiger partial charge in [0.2, 0.25) is 0 Å². The van der Waals surface area contributed by atoms with Crippen LogP contribution in [0.15, 0.2) is 0 Å². The molecule has 2 nitrogen and oxygen atoms in total. The van der Waals surface area contributed by atoms with Crippen molar-refractivity contribution in [1.29, 1.82) is 0 Å². The predicted molar refractivity (Wildman–Crippen MR) is 40.2 cm³/mol. The van der Waals surface area contributed by atoms with E-state index in [1.54, 1.807) is 12.2 Å². The van der Waals surface area contributed by atoms with Crippen LogP contribution in [0.4, 0.5) is 0 Å². The number of hydroxylamine groups is 2. The molecule has 0 aliphatic carbocycles. The summed E-state index contributed by atoms with van der Waals surface area (Å²) >= 11 is 5.03. The first-order valence-electron chi connectivity index (χ1n) is 3.19. The summed E-state index contributed by atoms with van der Waals surface area (Å²) in [6.07, 6.45) is 3.44. The van der Waals surface area contributed by atoms with Crippen molar-refractivity contribution in [2.45, 2.75) is 19.3 Å². The predicted octanol–water partition coefficient (Wildman–Crippen LogP) is 1.36. The normalized spacial score (nSPS) is 20.6. The molecule has 0 aromatic heterocycles. The molecule has 1 aliphatic heterocycles. The third-order valence-electron chi connectivity index (χ3n) is 1.50. The molecule has 3 heteroatoms. The lowest BCUT2D eigenvalue weighted by Crippen LogP contribution is -2.32. The zero-order chi connectivity index (χ0) is 6.69. The number of hydrogen-bond acceptors (Lipinski definition) is 2. The molecule has 0 aromatic carbocycles. The van der Waals surface area contributed by atoms with Gasteiger partial charge in [0.1, 0.15) is 4.99 Å². The van der Waals surface area contributed by atoms with E-state index in [0.717, 1.165) is 18.0 Å². The Bertz CT molecular complexity index is 116. The number of rotatable bonds is 1. The Morgan fingerprint density at radius 1 is 1.56 bits per heavy atom. The number of nitrogens with zero attached hydrogens (tertiary/aromatic N) is 1. The molecule has 9 heavy (non-hydrogen) atoms. The third-order valence-corrected chi connectivity index (χ3v) is 1.91. The average Bonchev–Trinajstić information content (AvgIpc) is 1.89. The van der Waals surface area contributed by atoms with Crippen molar-refractivity contribution in [2.24, 2.45) is 0 Å². The number of piperidine rings is 1. The highest BCUT2D eigenvalue weighted by Crippen LogP contribution is 2.10. The van der Waals surface area contributed by atoms with Gasteiger partial charge in [-0.1, -0.05) is 12.2 Å². The molecule has 52 valence electrons. The zero-order valence-electron chi connectivity index (χ0n) is 5.59. The Hall–Kier alpha value is -0.150. The van der Waals surface area contributed by atoms with Crippen molar-refractivity contribution < 1.29 is 4.84 Å². The number of hydrogen-bond donors (Lipinski definition) is 0.